The highest BCUT2D eigenvalue weighted by Gasteiger charge is 2.50. The molecule has 0 bridgehead atoms. The Bertz CT molecular complexity index is 1080. The topological polar surface area (TPSA) is 108 Å². The number of hydrogen-bond acceptors (Lipinski definition) is 8. The molecule has 5 atom stereocenters. The van der Waals surface area contributed by atoms with Crippen LogP contribution in [0.5, 0.6) is 0 Å². The first-order valence-electron chi connectivity index (χ1n) is 11.1. The third kappa shape index (κ3) is 5.74. The molecule has 35 heavy (non-hydrogen) atoms. The maximum absolute atomic E-state index is 12.9. The molecule has 8 heteroatoms. The molecule has 3 aromatic rings. The van der Waals surface area contributed by atoms with Crippen LogP contribution >= 0.6 is 0 Å². The Hall–Kier alpha value is -4.01. The largest absolute Gasteiger partial charge is 0.452 e. The molecule has 0 amide bonds. The molecule has 3 aromatic carbocycles. The molecule has 8 nitrogen and oxygen atoms in total. The first kappa shape index (κ1) is 24.1. The van der Waals surface area contributed by atoms with Crippen LogP contribution in [0.3, 0.4) is 0 Å². The minimum Gasteiger partial charge on any atom is -0.452 e. The molecule has 0 aliphatic carbocycles. The van der Waals surface area contributed by atoms with Crippen molar-refractivity contribution >= 4 is 17.9 Å². The molecule has 1 saturated heterocycles. The molecule has 1 heterocycles. The van der Waals surface area contributed by atoms with Gasteiger partial charge in [-0.15, -0.1) is 0 Å². The van der Waals surface area contributed by atoms with E-state index >= 15 is 0 Å². The second kappa shape index (κ2) is 10.9. The highest BCUT2D eigenvalue weighted by molar-refractivity contribution is 5.91. The lowest BCUT2D eigenvalue weighted by molar-refractivity contribution is -0.275. The number of benzene rings is 3. The van der Waals surface area contributed by atoms with Crippen LogP contribution in [0.4, 0.5) is 0 Å². The summed E-state index contributed by atoms with van der Waals surface area (Å²) in [6.07, 6.45) is -6.48. The van der Waals surface area contributed by atoms with Gasteiger partial charge in [-0.3, -0.25) is 0 Å². The summed E-state index contributed by atoms with van der Waals surface area (Å²) in [5.41, 5.74) is 0.739. The summed E-state index contributed by atoms with van der Waals surface area (Å²) in [4.78, 5) is 38.5. The lowest BCUT2D eigenvalue weighted by Gasteiger charge is -2.42. The number of aliphatic hydroxyl groups excluding tert-OH is 1. The Balaban J connectivity index is 1.63. The van der Waals surface area contributed by atoms with Crippen molar-refractivity contribution in [3.05, 3.63) is 108 Å². The van der Waals surface area contributed by atoms with E-state index in [0.717, 1.165) is 0 Å². The number of esters is 3. The lowest BCUT2D eigenvalue weighted by atomic mass is 9.98. The third-order valence-corrected chi connectivity index (χ3v) is 5.50. The van der Waals surface area contributed by atoms with Crippen LogP contribution in [0, 0.1) is 0 Å². The molecule has 0 saturated carbocycles. The average molecular weight is 476 g/mol. The van der Waals surface area contributed by atoms with E-state index < -0.39 is 48.6 Å². The van der Waals surface area contributed by atoms with E-state index in [1.54, 1.807) is 97.9 Å². The normalized spacial score (nSPS) is 23.7. The van der Waals surface area contributed by atoms with Gasteiger partial charge in [-0.1, -0.05) is 54.6 Å². The molecule has 1 fully saturated rings. The van der Waals surface area contributed by atoms with Gasteiger partial charge in [0.1, 0.15) is 0 Å². The number of rotatable bonds is 6. The Kier molecular flexibility index (Phi) is 7.54. The zero-order chi connectivity index (χ0) is 24.8. The highest BCUT2D eigenvalue weighted by Crippen LogP contribution is 2.29. The van der Waals surface area contributed by atoms with Gasteiger partial charge in [0.25, 0.3) is 0 Å². The third-order valence-electron chi connectivity index (χ3n) is 5.50. The van der Waals surface area contributed by atoms with Crippen LogP contribution in [-0.4, -0.2) is 53.7 Å². The number of carbonyl (C=O) groups excluding carboxylic acids is 3. The second-order valence-corrected chi connectivity index (χ2v) is 7.94. The summed E-state index contributed by atoms with van der Waals surface area (Å²) < 4.78 is 22.4. The maximum Gasteiger partial charge on any atom is 0.338 e. The van der Waals surface area contributed by atoms with Gasteiger partial charge in [0.05, 0.1) is 22.8 Å². The number of hydrogen-bond donors (Lipinski definition) is 1. The molecular weight excluding hydrogens is 452 g/mol. The predicted molar refractivity (Wildman–Crippen MR) is 123 cm³/mol. The Morgan fingerprint density at radius 3 is 1.34 bits per heavy atom. The minimum atomic E-state index is -1.63. The molecule has 4 rings (SSSR count). The van der Waals surface area contributed by atoms with E-state index in [2.05, 4.69) is 0 Å². The summed E-state index contributed by atoms with van der Waals surface area (Å²) in [5.74, 6) is -2.18. The summed E-state index contributed by atoms with van der Waals surface area (Å²) in [7, 11) is 0. The van der Waals surface area contributed by atoms with Gasteiger partial charge in [0, 0.05) is 0 Å². The Morgan fingerprint density at radius 1 is 0.600 bits per heavy atom. The van der Waals surface area contributed by atoms with Gasteiger partial charge in [0.15, 0.2) is 24.6 Å². The molecule has 1 N–H and O–H groups in total. The van der Waals surface area contributed by atoms with Crippen LogP contribution in [0.1, 0.15) is 38.0 Å². The molecule has 0 aromatic heterocycles. The standard InChI is InChI=1S/C27H24O8/c1-17-21(33-24(28)18-11-5-2-6-12-18)22(34-25(29)19-13-7-3-8-14-19)23(27(31)32-17)35-26(30)20-15-9-4-10-16-20/h2-17,21-23,27,31H,1H3/t17-,21+,22+,23+,27?/m0/s1. The summed E-state index contributed by atoms with van der Waals surface area (Å²) in [6, 6.07) is 24.6. The summed E-state index contributed by atoms with van der Waals surface area (Å²) in [5, 5.41) is 10.6. The Morgan fingerprint density at radius 2 is 0.943 bits per heavy atom. The predicted octanol–water partition coefficient (Wildman–Crippen LogP) is 3.40. The van der Waals surface area contributed by atoms with Gasteiger partial charge >= 0.3 is 17.9 Å². The van der Waals surface area contributed by atoms with E-state index in [9.17, 15) is 19.5 Å². The van der Waals surface area contributed by atoms with Crippen molar-refractivity contribution in [3.63, 3.8) is 0 Å². The van der Waals surface area contributed by atoms with Gasteiger partial charge < -0.3 is 24.1 Å². The SMILES string of the molecule is C[C@@H]1OC(O)[C@H](OC(=O)c2ccccc2)[C@H](OC(=O)c2ccccc2)[C@@H]1OC(=O)c1ccccc1. The van der Waals surface area contributed by atoms with E-state index in [-0.39, 0.29) is 16.7 Å². The van der Waals surface area contributed by atoms with Crippen molar-refractivity contribution in [3.8, 4) is 0 Å². The van der Waals surface area contributed by atoms with Crippen LogP contribution in [0.25, 0.3) is 0 Å². The van der Waals surface area contributed by atoms with Crippen LogP contribution in [0.15, 0.2) is 91.0 Å². The first-order valence-corrected chi connectivity index (χ1v) is 11.1. The van der Waals surface area contributed by atoms with Gasteiger partial charge in [-0.05, 0) is 43.3 Å². The fourth-order valence-electron chi connectivity index (χ4n) is 3.71. The van der Waals surface area contributed by atoms with Crippen molar-refractivity contribution in [2.75, 3.05) is 0 Å². The van der Waals surface area contributed by atoms with E-state index in [4.69, 9.17) is 18.9 Å². The highest BCUT2D eigenvalue weighted by atomic mass is 16.7. The number of carbonyl (C=O) groups is 3. The van der Waals surface area contributed by atoms with Crippen molar-refractivity contribution in [2.45, 2.75) is 37.6 Å². The molecule has 1 unspecified atom stereocenters. The zero-order valence-corrected chi connectivity index (χ0v) is 18.9. The molecule has 0 spiro atoms. The fraction of sp³-hybridized carbons (Fsp3) is 0.222. The van der Waals surface area contributed by atoms with Gasteiger partial charge in [-0.2, -0.15) is 0 Å². The molecule has 0 radical (unpaired) electrons. The number of aliphatic hydroxyl groups is 1. The molecule has 180 valence electrons. The summed E-state index contributed by atoms with van der Waals surface area (Å²) in [6.45, 7) is 1.56. The van der Waals surface area contributed by atoms with Crippen LogP contribution < -0.4 is 0 Å². The van der Waals surface area contributed by atoms with Crippen molar-refractivity contribution < 1.29 is 38.4 Å². The van der Waals surface area contributed by atoms with E-state index in [0.29, 0.717) is 0 Å². The van der Waals surface area contributed by atoms with Crippen molar-refractivity contribution in [1.29, 1.82) is 0 Å². The maximum atomic E-state index is 12.9. The second-order valence-electron chi connectivity index (χ2n) is 7.94. The zero-order valence-electron chi connectivity index (χ0n) is 18.9. The lowest BCUT2D eigenvalue weighted by Crippen LogP contribution is -2.60. The summed E-state index contributed by atoms with van der Waals surface area (Å²) >= 11 is 0. The van der Waals surface area contributed by atoms with Gasteiger partial charge in [-0.25, -0.2) is 14.4 Å². The smallest absolute Gasteiger partial charge is 0.338 e. The minimum absolute atomic E-state index is 0.226. The quantitative estimate of drug-likeness (QED) is 0.426. The van der Waals surface area contributed by atoms with Crippen LogP contribution in [-0.2, 0) is 18.9 Å². The Labute approximate surface area is 202 Å². The number of ether oxygens (including phenoxy) is 4. The first-order chi connectivity index (χ1) is 16.9. The van der Waals surface area contributed by atoms with E-state index in [1.807, 2.05) is 0 Å². The fourth-order valence-corrected chi connectivity index (χ4v) is 3.71. The van der Waals surface area contributed by atoms with Gasteiger partial charge in [0.2, 0.25) is 0 Å². The molecular formula is C27H24O8. The van der Waals surface area contributed by atoms with Crippen molar-refractivity contribution in [1.82, 2.24) is 0 Å². The van der Waals surface area contributed by atoms with E-state index in [1.165, 1.54) is 0 Å². The monoisotopic (exact) mass is 476 g/mol. The molecule has 1 aliphatic heterocycles. The van der Waals surface area contributed by atoms with Crippen LogP contribution in [0.2, 0.25) is 0 Å². The van der Waals surface area contributed by atoms with Crippen molar-refractivity contribution in [2.24, 2.45) is 0 Å². The average Bonchev–Trinajstić information content (AvgIpc) is 2.89. The molecule has 1 aliphatic rings.